The number of amides is 2. The van der Waals surface area contributed by atoms with Crippen LogP contribution in [0.15, 0.2) is 18.2 Å². The molecule has 0 saturated heterocycles. The molecule has 98 valence electrons. The number of hydrogen-bond donors (Lipinski definition) is 3. The molecule has 0 aliphatic rings. The van der Waals surface area contributed by atoms with Gasteiger partial charge in [-0.3, -0.25) is 9.59 Å². The summed E-state index contributed by atoms with van der Waals surface area (Å²) in [5.74, 6) is -1.73. The van der Waals surface area contributed by atoms with Gasteiger partial charge < -0.3 is 16.4 Å². The van der Waals surface area contributed by atoms with E-state index in [-0.39, 0.29) is 5.56 Å². The molecule has 0 heterocycles. The van der Waals surface area contributed by atoms with Gasteiger partial charge in [0.25, 0.3) is 5.91 Å². The Morgan fingerprint density at radius 1 is 1.33 bits per heavy atom. The minimum absolute atomic E-state index is 0.0556. The first kappa shape index (κ1) is 14.0. The molecule has 18 heavy (non-hydrogen) atoms. The fourth-order valence-corrected chi connectivity index (χ4v) is 1.33. The Balaban J connectivity index is 2.99. The van der Waals surface area contributed by atoms with E-state index in [0.29, 0.717) is 5.69 Å². The second-order valence-corrected chi connectivity index (χ2v) is 4.39. The summed E-state index contributed by atoms with van der Waals surface area (Å²) >= 11 is 0. The van der Waals surface area contributed by atoms with Gasteiger partial charge in [-0.05, 0) is 32.0 Å². The lowest BCUT2D eigenvalue weighted by Crippen LogP contribution is -2.45. The van der Waals surface area contributed by atoms with Crippen LogP contribution in [0.25, 0.3) is 0 Å². The highest BCUT2D eigenvalue weighted by molar-refractivity contribution is 5.94. The van der Waals surface area contributed by atoms with Gasteiger partial charge in [0, 0.05) is 12.7 Å². The van der Waals surface area contributed by atoms with Crippen LogP contribution >= 0.6 is 0 Å². The van der Waals surface area contributed by atoms with E-state index in [1.165, 1.54) is 19.2 Å². The number of primary amides is 1. The van der Waals surface area contributed by atoms with Gasteiger partial charge in [0.15, 0.2) is 0 Å². The first-order chi connectivity index (χ1) is 8.27. The van der Waals surface area contributed by atoms with E-state index in [0.717, 1.165) is 6.07 Å². The number of carbonyl (C=O) groups is 2. The van der Waals surface area contributed by atoms with Crippen LogP contribution in [-0.4, -0.2) is 24.4 Å². The smallest absolute Gasteiger partial charge is 0.253 e. The summed E-state index contributed by atoms with van der Waals surface area (Å²) in [7, 11) is 1.42. The van der Waals surface area contributed by atoms with E-state index in [9.17, 15) is 14.0 Å². The highest BCUT2D eigenvalue weighted by Gasteiger charge is 2.24. The first-order valence-corrected chi connectivity index (χ1v) is 5.37. The lowest BCUT2D eigenvalue weighted by Gasteiger charge is -2.23. The number of hydrogen-bond acceptors (Lipinski definition) is 3. The Kier molecular flexibility index (Phi) is 3.90. The van der Waals surface area contributed by atoms with E-state index in [1.54, 1.807) is 13.8 Å². The molecule has 0 aromatic heterocycles. The van der Waals surface area contributed by atoms with Gasteiger partial charge in [0.1, 0.15) is 11.4 Å². The number of halogens is 1. The van der Waals surface area contributed by atoms with Crippen molar-refractivity contribution in [3.63, 3.8) is 0 Å². The standard InChI is InChI=1S/C12H16FN3O2/c1-12(2,11(14)18)16-7-4-5-8(9(13)6-7)10(17)15-3/h4-6,16H,1-3H3,(H2,14,18)(H,15,17). The van der Waals surface area contributed by atoms with Gasteiger partial charge in [-0.15, -0.1) is 0 Å². The third kappa shape index (κ3) is 2.97. The second kappa shape index (κ2) is 5.03. The van der Waals surface area contributed by atoms with Crippen molar-refractivity contribution in [2.75, 3.05) is 12.4 Å². The molecule has 1 aromatic rings. The minimum Gasteiger partial charge on any atom is -0.372 e. The van der Waals surface area contributed by atoms with E-state index in [2.05, 4.69) is 10.6 Å². The normalized spacial score (nSPS) is 10.9. The summed E-state index contributed by atoms with van der Waals surface area (Å²) in [5.41, 5.74) is 4.52. The number of nitrogens with two attached hydrogens (primary N) is 1. The van der Waals surface area contributed by atoms with Crippen molar-refractivity contribution in [2.45, 2.75) is 19.4 Å². The molecule has 0 unspecified atom stereocenters. The van der Waals surface area contributed by atoms with Gasteiger partial charge in [-0.1, -0.05) is 0 Å². The van der Waals surface area contributed by atoms with Crippen molar-refractivity contribution in [1.29, 1.82) is 0 Å². The van der Waals surface area contributed by atoms with Crippen LogP contribution in [0.3, 0.4) is 0 Å². The lowest BCUT2D eigenvalue weighted by atomic mass is 10.0. The average Bonchev–Trinajstić information content (AvgIpc) is 2.27. The predicted octanol–water partition coefficient (Wildman–Crippen LogP) is 0.861. The van der Waals surface area contributed by atoms with Crippen molar-refractivity contribution in [2.24, 2.45) is 5.73 Å². The Morgan fingerprint density at radius 3 is 2.39 bits per heavy atom. The molecule has 2 amide bonds. The summed E-state index contributed by atoms with van der Waals surface area (Å²) in [5, 5.41) is 5.13. The molecular formula is C12H16FN3O2. The van der Waals surface area contributed by atoms with Crippen molar-refractivity contribution in [1.82, 2.24) is 5.32 Å². The van der Waals surface area contributed by atoms with Crippen LogP contribution in [0.5, 0.6) is 0 Å². The lowest BCUT2D eigenvalue weighted by molar-refractivity contribution is -0.121. The van der Waals surface area contributed by atoms with Crippen LogP contribution < -0.4 is 16.4 Å². The van der Waals surface area contributed by atoms with E-state index >= 15 is 0 Å². The zero-order chi connectivity index (χ0) is 13.9. The number of carbonyl (C=O) groups excluding carboxylic acids is 2. The topological polar surface area (TPSA) is 84.2 Å². The third-order valence-corrected chi connectivity index (χ3v) is 2.51. The molecule has 0 aliphatic carbocycles. The molecule has 0 atom stereocenters. The molecule has 0 aliphatic heterocycles. The zero-order valence-electron chi connectivity index (χ0n) is 10.5. The molecule has 6 heteroatoms. The monoisotopic (exact) mass is 253 g/mol. The van der Waals surface area contributed by atoms with Crippen molar-refractivity contribution in [3.8, 4) is 0 Å². The van der Waals surface area contributed by atoms with Crippen LogP contribution in [-0.2, 0) is 4.79 Å². The molecule has 0 fully saturated rings. The number of anilines is 1. The Morgan fingerprint density at radius 2 is 1.94 bits per heavy atom. The van der Waals surface area contributed by atoms with E-state index in [1.807, 2.05) is 0 Å². The van der Waals surface area contributed by atoms with Gasteiger partial charge in [-0.25, -0.2) is 4.39 Å². The first-order valence-electron chi connectivity index (χ1n) is 5.37. The van der Waals surface area contributed by atoms with Crippen molar-refractivity contribution >= 4 is 17.5 Å². The quantitative estimate of drug-likeness (QED) is 0.744. The molecule has 0 spiro atoms. The third-order valence-electron chi connectivity index (χ3n) is 2.51. The highest BCUT2D eigenvalue weighted by Crippen LogP contribution is 2.18. The van der Waals surface area contributed by atoms with Crippen LogP contribution in [0.4, 0.5) is 10.1 Å². The van der Waals surface area contributed by atoms with E-state index < -0.39 is 23.2 Å². The Hall–Kier alpha value is -2.11. The summed E-state index contributed by atoms with van der Waals surface area (Å²) in [6.45, 7) is 3.17. The number of nitrogens with one attached hydrogen (secondary N) is 2. The van der Waals surface area contributed by atoms with Crippen LogP contribution in [0.1, 0.15) is 24.2 Å². The molecule has 4 N–H and O–H groups in total. The predicted molar refractivity (Wildman–Crippen MR) is 66.7 cm³/mol. The summed E-state index contributed by atoms with van der Waals surface area (Å²) in [6.07, 6.45) is 0. The molecule has 0 bridgehead atoms. The van der Waals surface area contributed by atoms with Crippen molar-refractivity contribution < 1.29 is 14.0 Å². The summed E-state index contributed by atoms with van der Waals surface area (Å²) < 4.78 is 13.6. The summed E-state index contributed by atoms with van der Waals surface area (Å²) in [6, 6.07) is 4.00. The average molecular weight is 253 g/mol. The molecular weight excluding hydrogens is 237 g/mol. The van der Waals surface area contributed by atoms with Crippen molar-refractivity contribution in [3.05, 3.63) is 29.6 Å². The van der Waals surface area contributed by atoms with Gasteiger partial charge in [-0.2, -0.15) is 0 Å². The largest absolute Gasteiger partial charge is 0.372 e. The fraction of sp³-hybridized carbons (Fsp3) is 0.333. The van der Waals surface area contributed by atoms with Crippen LogP contribution in [0, 0.1) is 5.82 Å². The SMILES string of the molecule is CNC(=O)c1ccc(NC(C)(C)C(N)=O)cc1F. The molecule has 5 nitrogen and oxygen atoms in total. The van der Waals surface area contributed by atoms with Gasteiger partial charge >= 0.3 is 0 Å². The van der Waals surface area contributed by atoms with Crippen LogP contribution in [0.2, 0.25) is 0 Å². The molecule has 0 radical (unpaired) electrons. The highest BCUT2D eigenvalue weighted by atomic mass is 19.1. The van der Waals surface area contributed by atoms with Gasteiger partial charge in [0.2, 0.25) is 5.91 Å². The number of benzene rings is 1. The molecule has 0 saturated carbocycles. The molecule has 1 rings (SSSR count). The maximum atomic E-state index is 13.6. The minimum atomic E-state index is -0.999. The van der Waals surface area contributed by atoms with Gasteiger partial charge in [0.05, 0.1) is 5.56 Å². The second-order valence-electron chi connectivity index (χ2n) is 4.39. The maximum Gasteiger partial charge on any atom is 0.253 e. The fourth-order valence-electron chi connectivity index (χ4n) is 1.33. The Bertz CT molecular complexity index is 486. The Labute approximate surface area is 105 Å². The molecule has 1 aromatic carbocycles. The maximum absolute atomic E-state index is 13.6. The number of rotatable bonds is 4. The van der Waals surface area contributed by atoms with E-state index in [4.69, 9.17) is 5.73 Å². The summed E-state index contributed by atoms with van der Waals surface area (Å²) in [4.78, 5) is 22.4. The zero-order valence-corrected chi connectivity index (χ0v) is 10.5.